The molecule has 0 radical (unpaired) electrons. The van der Waals surface area contributed by atoms with Gasteiger partial charge in [-0.15, -0.1) is 0 Å². The van der Waals surface area contributed by atoms with Crippen LogP contribution in [0, 0.1) is 5.92 Å². The Hall–Kier alpha value is -1.59. The molecule has 6 nitrogen and oxygen atoms in total. The van der Waals surface area contributed by atoms with Crippen molar-refractivity contribution in [3.63, 3.8) is 0 Å². The Morgan fingerprint density at radius 1 is 1.00 bits per heavy atom. The molecule has 0 amide bonds. The molecule has 0 aromatic rings. The Bertz CT molecular complexity index is 515. The summed E-state index contributed by atoms with van der Waals surface area (Å²) in [5.74, 6) is 0.0161. The lowest BCUT2D eigenvalue weighted by molar-refractivity contribution is -0.159. The van der Waals surface area contributed by atoms with Crippen molar-refractivity contribution in [2.75, 3.05) is 0 Å². The maximum atomic E-state index is 12.7. The highest BCUT2D eigenvalue weighted by Crippen LogP contribution is 2.38. The zero-order valence-corrected chi connectivity index (χ0v) is 13.6. The molecule has 126 valence electrons. The van der Waals surface area contributed by atoms with Crippen LogP contribution in [-0.2, 0) is 9.53 Å². The maximum Gasteiger partial charge on any atom is 0.309 e. The lowest BCUT2D eigenvalue weighted by Gasteiger charge is -2.39. The van der Waals surface area contributed by atoms with Gasteiger partial charge in [-0.25, -0.2) is 0 Å². The minimum absolute atomic E-state index is 0.00117. The summed E-state index contributed by atoms with van der Waals surface area (Å²) in [6.45, 7) is 0. The van der Waals surface area contributed by atoms with E-state index in [0.717, 1.165) is 64.2 Å². The van der Waals surface area contributed by atoms with Crippen molar-refractivity contribution in [1.29, 1.82) is 0 Å². The van der Waals surface area contributed by atoms with Crippen molar-refractivity contribution in [3.05, 3.63) is 0 Å². The first-order chi connectivity index (χ1) is 11.2. The molecule has 0 aromatic carbocycles. The first kappa shape index (κ1) is 15.0. The molecule has 2 aliphatic carbocycles. The molecule has 0 bridgehead atoms. The van der Waals surface area contributed by atoms with Crippen molar-refractivity contribution in [2.45, 2.75) is 81.4 Å². The Balaban J connectivity index is 1.34. The summed E-state index contributed by atoms with van der Waals surface area (Å²) in [7, 11) is 0. The lowest BCUT2D eigenvalue weighted by atomic mass is 9.75. The van der Waals surface area contributed by atoms with Crippen molar-refractivity contribution >= 4 is 18.4 Å². The molecule has 2 spiro atoms. The van der Waals surface area contributed by atoms with Gasteiger partial charge in [-0.2, -0.15) is 10.2 Å². The van der Waals surface area contributed by atoms with Crippen LogP contribution >= 0.6 is 0 Å². The Kier molecular flexibility index (Phi) is 3.77. The van der Waals surface area contributed by atoms with Crippen LogP contribution in [0.15, 0.2) is 10.2 Å². The molecular weight excluding hydrogens is 292 g/mol. The van der Waals surface area contributed by atoms with E-state index in [2.05, 4.69) is 21.1 Å². The number of carbonyl (C=O) groups is 1. The second-order valence-corrected chi connectivity index (χ2v) is 7.76. The summed E-state index contributed by atoms with van der Waals surface area (Å²) in [5.41, 5.74) is 6.53. The number of nitrogens with one attached hydrogen (secondary N) is 2. The molecule has 4 unspecified atom stereocenters. The van der Waals surface area contributed by atoms with E-state index in [9.17, 15) is 4.79 Å². The van der Waals surface area contributed by atoms with Gasteiger partial charge in [0.1, 0.15) is 6.10 Å². The molecule has 23 heavy (non-hydrogen) atoms. The third-order valence-corrected chi connectivity index (χ3v) is 6.01. The van der Waals surface area contributed by atoms with Crippen LogP contribution in [0.4, 0.5) is 0 Å². The second-order valence-electron chi connectivity index (χ2n) is 7.76. The fourth-order valence-corrected chi connectivity index (χ4v) is 4.70. The van der Waals surface area contributed by atoms with Crippen LogP contribution in [0.5, 0.6) is 0 Å². The van der Waals surface area contributed by atoms with Gasteiger partial charge >= 0.3 is 5.97 Å². The van der Waals surface area contributed by atoms with Gasteiger partial charge in [-0.05, 0) is 38.5 Å². The quantitative estimate of drug-likeness (QED) is 0.765. The second kappa shape index (κ2) is 5.80. The van der Waals surface area contributed by atoms with E-state index >= 15 is 0 Å². The average molecular weight is 318 g/mol. The fourth-order valence-electron chi connectivity index (χ4n) is 4.70. The molecule has 2 N–H and O–H groups in total. The standard InChI is InChI=1S/C17H26N4O2/c22-15(13-3-1-5-16(11-13)7-9-18-20-16)23-14-4-2-6-17(12-14)8-10-19-21-17/h9-10,13-14,20-21H,1-8,11-12H2. The number of hydrazone groups is 2. The molecule has 4 atom stereocenters. The first-order valence-corrected chi connectivity index (χ1v) is 8.97. The molecule has 2 fully saturated rings. The van der Waals surface area contributed by atoms with Crippen LogP contribution in [0.25, 0.3) is 0 Å². The minimum atomic E-state index is -0.00117. The number of nitrogens with zero attached hydrogens (tertiary/aromatic N) is 2. The van der Waals surface area contributed by atoms with Gasteiger partial charge in [0.2, 0.25) is 0 Å². The zero-order valence-electron chi connectivity index (χ0n) is 13.6. The zero-order chi connectivity index (χ0) is 15.8. The topological polar surface area (TPSA) is 75.1 Å². The molecule has 4 rings (SSSR count). The summed E-state index contributed by atoms with van der Waals surface area (Å²) in [6.07, 6.45) is 13.9. The van der Waals surface area contributed by atoms with Crippen LogP contribution in [0.3, 0.4) is 0 Å². The molecular formula is C17H26N4O2. The van der Waals surface area contributed by atoms with Gasteiger partial charge < -0.3 is 15.6 Å². The molecule has 0 saturated heterocycles. The average Bonchev–Trinajstić information content (AvgIpc) is 3.18. The number of carbonyl (C=O) groups excluding carboxylic acids is 1. The lowest BCUT2D eigenvalue weighted by Crippen LogP contribution is -2.48. The molecule has 4 aliphatic rings. The number of esters is 1. The minimum Gasteiger partial charge on any atom is -0.462 e. The van der Waals surface area contributed by atoms with Crippen LogP contribution < -0.4 is 10.9 Å². The maximum absolute atomic E-state index is 12.7. The highest BCUT2D eigenvalue weighted by molar-refractivity contribution is 5.73. The van der Waals surface area contributed by atoms with E-state index in [1.54, 1.807) is 0 Å². The van der Waals surface area contributed by atoms with Gasteiger partial charge in [0, 0.05) is 31.7 Å². The van der Waals surface area contributed by atoms with Crippen LogP contribution in [0.1, 0.15) is 64.2 Å². The summed E-state index contributed by atoms with van der Waals surface area (Å²) >= 11 is 0. The Morgan fingerprint density at radius 3 is 2.30 bits per heavy atom. The van der Waals surface area contributed by atoms with Crippen LogP contribution in [0.2, 0.25) is 0 Å². The van der Waals surface area contributed by atoms with Gasteiger partial charge in [0.05, 0.1) is 17.0 Å². The van der Waals surface area contributed by atoms with E-state index in [0.29, 0.717) is 0 Å². The first-order valence-electron chi connectivity index (χ1n) is 8.97. The fraction of sp³-hybridized carbons (Fsp3) is 0.824. The molecule has 2 heterocycles. The predicted octanol–water partition coefficient (Wildman–Crippen LogP) is 2.10. The van der Waals surface area contributed by atoms with E-state index in [1.807, 2.05) is 12.4 Å². The van der Waals surface area contributed by atoms with Crippen molar-refractivity contribution < 1.29 is 9.53 Å². The molecule has 0 aromatic heterocycles. The third kappa shape index (κ3) is 2.95. The van der Waals surface area contributed by atoms with Crippen molar-refractivity contribution in [3.8, 4) is 0 Å². The number of hydrogen-bond acceptors (Lipinski definition) is 6. The monoisotopic (exact) mass is 318 g/mol. The normalized spacial score (nSPS) is 41.9. The predicted molar refractivity (Wildman–Crippen MR) is 88.3 cm³/mol. The SMILES string of the molecule is O=C(OC1CCCC2(CC=NN2)C1)C1CCCC2(CC=NN2)C1. The molecule has 6 heteroatoms. The summed E-state index contributed by atoms with van der Waals surface area (Å²) in [4.78, 5) is 12.7. The smallest absolute Gasteiger partial charge is 0.309 e. The third-order valence-electron chi connectivity index (χ3n) is 6.01. The Labute approximate surface area is 137 Å². The molecule has 2 aliphatic heterocycles. The van der Waals surface area contributed by atoms with Crippen molar-refractivity contribution in [1.82, 2.24) is 10.9 Å². The van der Waals surface area contributed by atoms with E-state index < -0.39 is 0 Å². The van der Waals surface area contributed by atoms with E-state index in [4.69, 9.17) is 4.74 Å². The van der Waals surface area contributed by atoms with Gasteiger partial charge in [-0.3, -0.25) is 4.79 Å². The number of rotatable bonds is 2. The van der Waals surface area contributed by atoms with Gasteiger partial charge in [-0.1, -0.05) is 6.42 Å². The molecule has 2 saturated carbocycles. The summed E-state index contributed by atoms with van der Waals surface area (Å²) in [5, 5.41) is 8.34. The highest BCUT2D eigenvalue weighted by Gasteiger charge is 2.43. The summed E-state index contributed by atoms with van der Waals surface area (Å²) in [6, 6.07) is 0. The summed E-state index contributed by atoms with van der Waals surface area (Å²) < 4.78 is 5.92. The number of hydrogen-bond donors (Lipinski definition) is 2. The van der Waals surface area contributed by atoms with E-state index in [1.165, 1.54) is 0 Å². The van der Waals surface area contributed by atoms with Crippen LogP contribution in [-0.4, -0.2) is 35.6 Å². The van der Waals surface area contributed by atoms with E-state index in [-0.39, 0.29) is 29.1 Å². The largest absolute Gasteiger partial charge is 0.462 e. The number of ether oxygens (including phenoxy) is 1. The van der Waals surface area contributed by atoms with Gasteiger partial charge in [0.15, 0.2) is 0 Å². The van der Waals surface area contributed by atoms with Gasteiger partial charge in [0.25, 0.3) is 0 Å². The highest BCUT2D eigenvalue weighted by atomic mass is 16.5. The van der Waals surface area contributed by atoms with Crippen molar-refractivity contribution in [2.24, 2.45) is 16.1 Å². The Morgan fingerprint density at radius 2 is 1.65 bits per heavy atom.